The molecule has 2 aliphatic carbocycles. The molecule has 0 bridgehead atoms. The lowest BCUT2D eigenvalue weighted by molar-refractivity contribution is 0.106. The molecule has 1 aromatic rings. The number of rotatable bonds is 7. The van der Waals surface area contributed by atoms with Crippen LogP contribution in [0, 0.1) is 5.41 Å². The third-order valence-corrected chi connectivity index (χ3v) is 6.22. The van der Waals surface area contributed by atoms with Gasteiger partial charge in [-0.3, -0.25) is 0 Å². The molecule has 6 nitrogen and oxygen atoms in total. The van der Waals surface area contributed by atoms with Crippen LogP contribution in [0.15, 0.2) is 29.8 Å². The topological polar surface area (TPSA) is 82.9 Å². The maximum absolute atomic E-state index is 12.4. The normalized spacial score (nSPS) is 18.6. The molecule has 0 aliphatic heterocycles. The quantitative estimate of drug-likeness (QED) is 0.442. The average molecular weight is 415 g/mol. The van der Waals surface area contributed by atoms with Crippen molar-refractivity contribution >= 4 is 17.6 Å². The van der Waals surface area contributed by atoms with Gasteiger partial charge in [0.15, 0.2) is 0 Å². The van der Waals surface area contributed by atoms with Crippen LogP contribution in [0.4, 0.5) is 4.79 Å². The number of hydrogen-bond donors (Lipinski definition) is 2. The molecule has 2 fully saturated rings. The summed E-state index contributed by atoms with van der Waals surface area (Å²) < 4.78 is 11.4. The Bertz CT molecular complexity index is 760. The Morgan fingerprint density at radius 2 is 1.67 bits per heavy atom. The highest BCUT2D eigenvalue weighted by atomic mass is 16.6. The minimum atomic E-state index is -0.412. The molecule has 2 aliphatic rings. The predicted molar refractivity (Wildman–Crippen MR) is 118 cm³/mol. The molecule has 0 saturated heterocycles. The summed E-state index contributed by atoms with van der Waals surface area (Å²) in [4.78, 5) is 14.0. The molecule has 0 spiro atoms. The molecule has 1 amide bonds. The van der Waals surface area contributed by atoms with Gasteiger partial charge in [-0.2, -0.15) is 0 Å². The lowest BCUT2D eigenvalue weighted by Crippen LogP contribution is -2.36. The molecular formula is C24H34N2O4. The Morgan fingerprint density at radius 1 is 1.07 bits per heavy atom. The molecule has 2 N–H and O–H groups in total. The third-order valence-electron chi connectivity index (χ3n) is 6.22. The largest absolute Gasteiger partial charge is 0.507 e. The Hall–Kier alpha value is -2.50. The van der Waals surface area contributed by atoms with Gasteiger partial charge in [0.1, 0.15) is 18.1 Å². The number of ether oxygens (including phenoxy) is 2. The van der Waals surface area contributed by atoms with E-state index in [4.69, 9.17) is 14.9 Å². The van der Waals surface area contributed by atoms with Gasteiger partial charge in [0, 0.05) is 24.4 Å². The van der Waals surface area contributed by atoms with Crippen molar-refractivity contribution < 1.29 is 19.4 Å². The van der Waals surface area contributed by atoms with Crippen molar-refractivity contribution in [3.63, 3.8) is 0 Å². The highest BCUT2D eigenvalue weighted by molar-refractivity contribution is 6.02. The molecule has 164 valence electrons. The Kier molecular flexibility index (Phi) is 7.77. The number of aliphatic hydroxyl groups is 1. The zero-order valence-corrected chi connectivity index (χ0v) is 18.2. The van der Waals surface area contributed by atoms with Crippen molar-refractivity contribution in [2.45, 2.75) is 76.9 Å². The van der Waals surface area contributed by atoms with Gasteiger partial charge in [0.05, 0.1) is 11.7 Å². The minimum Gasteiger partial charge on any atom is -0.507 e. The first-order chi connectivity index (χ1) is 14.5. The number of nitrogens with zero attached hydrogens (tertiary/aromatic N) is 1. The van der Waals surface area contributed by atoms with Crippen LogP contribution < -0.4 is 4.74 Å². The monoisotopic (exact) mass is 414 g/mol. The number of benzene rings is 1. The second-order valence-electron chi connectivity index (χ2n) is 8.46. The summed E-state index contributed by atoms with van der Waals surface area (Å²) in [6.45, 7) is 1.46. The van der Waals surface area contributed by atoms with Crippen molar-refractivity contribution in [2.75, 3.05) is 13.7 Å². The zero-order chi connectivity index (χ0) is 21.5. The van der Waals surface area contributed by atoms with E-state index in [2.05, 4.69) is 0 Å². The van der Waals surface area contributed by atoms with E-state index in [1.807, 2.05) is 12.1 Å². The van der Waals surface area contributed by atoms with Gasteiger partial charge in [0.2, 0.25) is 0 Å². The maximum atomic E-state index is 12.4. The van der Waals surface area contributed by atoms with E-state index in [0.29, 0.717) is 11.1 Å². The Labute approximate surface area is 179 Å². The zero-order valence-electron chi connectivity index (χ0n) is 18.2. The second-order valence-corrected chi connectivity index (χ2v) is 8.46. The average Bonchev–Trinajstić information content (AvgIpc) is 3.29. The van der Waals surface area contributed by atoms with Crippen LogP contribution in [0.25, 0.3) is 5.76 Å². The van der Waals surface area contributed by atoms with Gasteiger partial charge in [0.25, 0.3) is 0 Å². The van der Waals surface area contributed by atoms with Crippen molar-refractivity contribution in [1.82, 2.24) is 4.90 Å². The molecule has 0 aromatic heterocycles. The summed E-state index contributed by atoms with van der Waals surface area (Å²) >= 11 is 0. The number of carbonyl (C=O) groups excluding carboxylic acids is 1. The van der Waals surface area contributed by atoms with Crippen molar-refractivity contribution in [3.8, 4) is 5.75 Å². The summed E-state index contributed by atoms with van der Waals surface area (Å²) in [7, 11) is 1.75. The number of aliphatic hydroxyl groups excluding tert-OH is 1. The van der Waals surface area contributed by atoms with Gasteiger partial charge in [-0.1, -0.05) is 19.3 Å². The first-order valence-corrected chi connectivity index (χ1v) is 11.1. The summed E-state index contributed by atoms with van der Waals surface area (Å²) in [6, 6.07) is 7.47. The van der Waals surface area contributed by atoms with Crippen molar-refractivity contribution in [2.24, 2.45) is 0 Å². The molecule has 6 heteroatoms. The van der Waals surface area contributed by atoms with Gasteiger partial charge >= 0.3 is 6.09 Å². The maximum Gasteiger partial charge on any atom is 0.410 e. The number of amides is 1. The SMILES string of the molecule is CC(=N)/C(COC(=O)N(C)C1CCCC1)=C(\O)c1ccc(OC2CCCCC2)cc1. The van der Waals surface area contributed by atoms with E-state index >= 15 is 0 Å². The van der Waals surface area contributed by atoms with Gasteiger partial charge < -0.3 is 24.9 Å². The standard InChI is InChI=1S/C24H34N2O4/c1-17(25)22(16-29-24(28)26(2)19-8-6-7-9-19)23(27)18-12-14-21(15-13-18)30-20-10-4-3-5-11-20/h12-15,19-20,25,27H,3-11,16H2,1-2H3/b23-22-,25-17?. The molecule has 30 heavy (non-hydrogen) atoms. The fourth-order valence-corrected chi connectivity index (χ4v) is 4.27. The van der Waals surface area contributed by atoms with E-state index in [1.165, 1.54) is 19.3 Å². The van der Waals surface area contributed by atoms with E-state index in [-0.39, 0.29) is 30.2 Å². The fraction of sp³-hybridized carbons (Fsp3) is 0.583. The number of hydrogen-bond acceptors (Lipinski definition) is 5. The van der Waals surface area contributed by atoms with Crippen LogP contribution in [-0.4, -0.2) is 47.6 Å². The highest BCUT2D eigenvalue weighted by Gasteiger charge is 2.25. The lowest BCUT2D eigenvalue weighted by atomic mass is 9.98. The molecule has 0 heterocycles. The predicted octanol–water partition coefficient (Wildman–Crippen LogP) is 5.72. The van der Waals surface area contributed by atoms with E-state index < -0.39 is 6.09 Å². The molecule has 1 aromatic carbocycles. The second kappa shape index (κ2) is 10.5. The Balaban J connectivity index is 1.63. The van der Waals surface area contributed by atoms with Crippen LogP contribution in [0.2, 0.25) is 0 Å². The summed E-state index contributed by atoms with van der Waals surface area (Å²) in [5.41, 5.74) is 1.06. The number of nitrogens with one attached hydrogen (secondary N) is 1. The molecule has 0 unspecified atom stereocenters. The van der Waals surface area contributed by atoms with Crippen LogP contribution in [0.1, 0.15) is 70.3 Å². The third kappa shape index (κ3) is 5.77. The smallest absolute Gasteiger partial charge is 0.410 e. The van der Waals surface area contributed by atoms with E-state index in [1.54, 1.807) is 31.0 Å². The first-order valence-electron chi connectivity index (χ1n) is 11.1. The number of carbonyl (C=O) groups is 1. The van der Waals surface area contributed by atoms with Crippen LogP contribution in [0.3, 0.4) is 0 Å². The first kappa shape index (κ1) is 22.2. The molecule has 0 atom stereocenters. The van der Waals surface area contributed by atoms with E-state index in [0.717, 1.165) is 44.3 Å². The van der Waals surface area contributed by atoms with Gasteiger partial charge in [-0.25, -0.2) is 4.79 Å². The Morgan fingerprint density at radius 3 is 2.27 bits per heavy atom. The fourth-order valence-electron chi connectivity index (χ4n) is 4.27. The minimum absolute atomic E-state index is 0.0389. The van der Waals surface area contributed by atoms with Crippen LogP contribution in [0.5, 0.6) is 5.75 Å². The molecule has 0 radical (unpaired) electrons. The van der Waals surface area contributed by atoms with Crippen LogP contribution >= 0.6 is 0 Å². The van der Waals surface area contributed by atoms with Gasteiger partial charge in [-0.05, 0) is 69.7 Å². The lowest BCUT2D eigenvalue weighted by Gasteiger charge is -2.24. The molecule has 2 saturated carbocycles. The van der Waals surface area contributed by atoms with Crippen molar-refractivity contribution in [1.29, 1.82) is 5.41 Å². The molecular weight excluding hydrogens is 380 g/mol. The summed E-state index contributed by atoms with van der Waals surface area (Å²) in [5, 5.41) is 18.7. The highest BCUT2D eigenvalue weighted by Crippen LogP contribution is 2.26. The summed E-state index contributed by atoms with van der Waals surface area (Å²) in [5.74, 6) is 0.749. The summed E-state index contributed by atoms with van der Waals surface area (Å²) in [6.07, 6.45) is 10.00. The van der Waals surface area contributed by atoms with E-state index in [9.17, 15) is 9.90 Å². The van der Waals surface area contributed by atoms with Crippen LogP contribution in [-0.2, 0) is 4.74 Å². The van der Waals surface area contributed by atoms with Crippen molar-refractivity contribution in [3.05, 3.63) is 35.4 Å². The molecule has 3 rings (SSSR count). The van der Waals surface area contributed by atoms with Gasteiger partial charge in [-0.15, -0.1) is 0 Å².